The number of aliphatic carboxylic acids is 1. The molecule has 1 aliphatic heterocycles. The zero-order chi connectivity index (χ0) is 19.9. The molecule has 0 aliphatic carbocycles. The van der Waals surface area contributed by atoms with Gasteiger partial charge in [-0.1, -0.05) is 12.1 Å². The van der Waals surface area contributed by atoms with Crippen LogP contribution in [-0.4, -0.2) is 53.8 Å². The van der Waals surface area contributed by atoms with Crippen LogP contribution in [0, 0.1) is 0 Å². The molecule has 8 nitrogen and oxygen atoms in total. The van der Waals surface area contributed by atoms with Crippen LogP contribution < -0.4 is 10.2 Å². The van der Waals surface area contributed by atoms with Crippen molar-refractivity contribution in [3.63, 3.8) is 0 Å². The molecule has 0 atom stereocenters. The number of carboxylic acids is 1. The van der Waals surface area contributed by atoms with E-state index in [1.807, 2.05) is 24.3 Å². The first-order chi connectivity index (χ1) is 13.5. The summed E-state index contributed by atoms with van der Waals surface area (Å²) in [5.41, 5.74) is 2.35. The van der Waals surface area contributed by atoms with E-state index in [0.717, 1.165) is 37.3 Å². The van der Waals surface area contributed by atoms with E-state index in [1.165, 1.54) is 7.11 Å². The molecule has 8 heteroatoms. The summed E-state index contributed by atoms with van der Waals surface area (Å²) in [6.45, 7) is 1.79. The van der Waals surface area contributed by atoms with E-state index in [0.29, 0.717) is 23.5 Å². The number of rotatable bonds is 8. The summed E-state index contributed by atoms with van der Waals surface area (Å²) in [4.78, 5) is 33.9. The topological polar surface area (TPSA) is 105 Å². The summed E-state index contributed by atoms with van der Waals surface area (Å²) < 4.78 is 4.80. The zero-order valence-corrected chi connectivity index (χ0v) is 15.9. The van der Waals surface area contributed by atoms with Crippen molar-refractivity contribution in [3.05, 3.63) is 47.4 Å². The maximum Gasteiger partial charge on any atom is 0.308 e. The Morgan fingerprint density at radius 2 is 1.93 bits per heavy atom. The number of ether oxygens (including phenoxy) is 1. The number of benzene rings is 1. The van der Waals surface area contributed by atoms with Crippen molar-refractivity contribution in [2.45, 2.75) is 25.7 Å². The van der Waals surface area contributed by atoms with Crippen LogP contribution in [0.15, 0.2) is 30.5 Å². The fourth-order valence-electron chi connectivity index (χ4n) is 3.23. The highest BCUT2D eigenvalue weighted by Crippen LogP contribution is 2.23. The molecule has 0 saturated carbocycles. The van der Waals surface area contributed by atoms with Crippen molar-refractivity contribution in [1.29, 1.82) is 0 Å². The van der Waals surface area contributed by atoms with Crippen LogP contribution in [0.2, 0.25) is 0 Å². The molecule has 2 aromatic rings. The average Bonchev–Trinajstić information content (AvgIpc) is 3.19. The smallest absolute Gasteiger partial charge is 0.308 e. The molecule has 1 fully saturated rings. The molecule has 148 valence electrons. The highest BCUT2D eigenvalue weighted by molar-refractivity contribution is 5.91. The molecular weight excluding hydrogens is 360 g/mol. The Kier molecular flexibility index (Phi) is 6.54. The molecular formula is C20H24N4O4. The van der Waals surface area contributed by atoms with E-state index < -0.39 is 5.97 Å². The Morgan fingerprint density at radius 3 is 2.57 bits per heavy atom. The van der Waals surface area contributed by atoms with Gasteiger partial charge in [0.2, 0.25) is 5.91 Å². The average molecular weight is 384 g/mol. The van der Waals surface area contributed by atoms with Crippen molar-refractivity contribution < 1.29 is 19.4 Å². The third-order valence-corrected chi connectivity index (χ3v) is 4.51. The SMILES string of the molecule is COCC(=O)Nc1ccc(Cc2ncc(CC(=O)O)c(N3CCCC3)n2)cc1. The van der Waals surface area contributed by atoms with Crippen molar-refractivity contribution in [3.8, 4) is 0 Å². The van der Waals surface area contributed by atoms with Crippen LogP contribution in [0.3, 0.4) is 0 Å². The molecule has 0 radical (unpaired) electrons. The number of nitrogens with zero attached hydrogens (tertiary/aromatic N) is 3. The van der Waals surface area contributed by atoms with E-state index in [1.54, 1.807) is 6.20 Å². The number of amides is 1. The second kappa shape index (κ2) is 9.27. The lowest BCUT2D eigenvalue weighted by Gasteiger charge is -2.20. The van der Waals surface area contributed by atoms with Crippen LogP contribution in [0.1, 0.15) is 29.8 Å². The first-order valence-corrected chi connectivity index (χ1v) is 9.24. The molecule has 1 aromatic carbocycles. The van der Waals surface area contributed by atoms with Gasteiger partial charge in [0.05, 0.1) is 6.42 Å². The summed E-state index contributed by atoms with van der Waals surface area (Å²) in [6, 6.07) is 7.46. The molecule has 2 heterocycles. The second-order valence-corrected chi connectivity index (χ2v) is 6.75. The molecule has 1 saturated heterocycles. The van der Waals surface area contributed by atoms with Gasteiger partial charge in [-0.2, -0.15) is 0 Å². The molecule has 1 amide bonds. The van der Waals surface area contributed by atoms with Gasteiger partial charge in [0.25, 0.3) is 0 Å². The van der Waals surface area contributed by atoms with Gasteiger partial charge in [-0.3, -0.25) is 9.59 Å². The fraction of sp³-hybridized carbons (Fsp3) is 0.400. The van der Waals surface area contributed by atoms with Crippen LogP contribution in [0.25, 0.3) is 0 Å². The van der Waals surface area contributed by atoms with Gasteiger partial charge in [-0.25, -0.2) is 9.97 Å². The standard InChI is InChI=1S/C20H24N4O4/c1-28-13-18(25)22-16-6-4-14(5-7-16)10-17-21-12-15(11-19(26)27)20(23-17)24-8-2-3-9-24/h4-7,12H,2-3,8-11,13H2,1H3,(H,22,25)(H,26,27). The van der Waals surface area contributed by atoms with Gasteiger partial charge >= 0.3 is 5.97 Å². The lowest BCUT2D eigenvalue weighted by molar-refractivity contribution is -0.136. The highest BCUT2D eigenvalue weighted by Gasteiger charge is 2.20. The fourth-order valence-corrected chi connectivity index (χ4v) is 3.23. The van der Waals surface area contributed by atoms with E-state index in [-0.39, 0.29) is 18.9 Å². The Hall–Kier alpha value is -3.00. The highest BCUT2D eigenvalue weighted by atomic mass is 16.5. The molecule has 1 aliphatic rings. The van der Waals surface area contributed by atoms with Crippen LogP contribution in [-0.2, 0) is 27.2 Å². The Morgan fingerprint density at radius 1 is 1.21 bits per heavy atom. The maximum atomic E-state index is 11.6. The largest absolute Gasteiger partial charge is 0.481 e. The predicted molar refractivity (Wildman–Crippen MR) is 105 cm³/mol. The number of hydrogen-bond donors (Lipinski definition) is 2. The summed E-state index contributed by atoms with van der Waals surface area (Å²) >= 11 is 0. The maximum absolute atomic E-state index is 11.6. The lowest BCUT2D eigenvalue weighted by Crippen LogP contribution is -2.22. The molecule has 28 heavy (non-hydrogen) atoms. The van der Waals surface area contributed by atoms with E-state index in [4.69, 9.17) is 9.84 Å². The number of carboxylic acid groups (broad SMARTS) is 1. The number of carbonyl (C=O) groups excluding carboxylic acids is 1. The number of aromatic nitrogens is 2. The van der Waals surface area contributed by atoms with E-state index in [9.17, 15) is 9.59 Å². The molecule has 1 aromatic heterocycles. The van der Waals surface area contributed by atoms with Gasteiger partial charge in [0.1, 0.15) is 18.2 Å². The minimum absolute atomic E-state index is 0.0115. The van der Waals surface area contributed by atoms with Crippen molar-refractivity contribution >= 4 is 23.4 Å². The Bertz CT molecular complexity index is 833. The van der Waals surface area contributed by atoms with Crippen molar-refractivity contribution in [2.75, 3.05) is 37.0 Å². The van der Waals surface area contributed by atoms with Gasteiger partial charge in [0, 0.05) is 44.1 Å². The molecule has 3 rings (SSSR count). The molecule has 0 unspecified atom stereocenters. The van der Waals surface area contributed by atoms with Gasteiger partial charge < -0.3 is 20.1 Å². The molecule has 0 spiro atoms. The number of nitrogens with one attached hydrogen (secondary N) is 1. The minimum Gasteiger partial charge on any atom is -0.481 e. The monoisotopic (exact) mass is 384 g/mol. The molecule has 0 bridgehead atoms. The van der Waals surface area contributed by atoms with E-state index >= 15 is 0 Å². The Balaban J connectivity index is 1.73. The predicted octanol–water partition coefficient (Wildman–Crippen LogP) is 1.88. The Labute approximate surface area is 163 Å². The van der Waals surface area contributed by atoms with Crippen LogP contribution >= 0.6 is 0 Å². The third-order valence-electron chi connectivity index (χ3n) is 4.51. The minimum atomic E-state index is -0.886. The zero-order valence-electron chi connectivity index (χ0n) is 15.9. The second-order valence-electron chi connectivity index (χ2n) is 6.75. The quantitative estimate of drug-likeness (QED) is 0.716. The first kappa shape index (κ1) is 19.8. The van der Waals surface area contributed by atoms with Gasteiger partial charge in [0.15, 0.2) is 0 Å². The van der Waals surface area contributed by atoms with Crippen molar-refractivity contribution in [2.24, 2.45) is 0 Å². The number of methoxy groups -OCH3 is 1. The number of hydrogen-bond acceptors (Lipinski definition) is 6. The summed E-state index contributed by atoms with van der Waals surface area (Å²) in [5.74, 6) is 0.284. The van der Waals surface area contributed by atoms with Gasteiger partial charge in [-0.15, -0.1) is 0 Å². The van der Waals surface area contributed by atoms with Crippen LogP contribution in [0.4, 0.5) is 11.5 Å². The summed E-state index contributed by atoms with van der Waals surface area (Å²) in [7, 11) is 1.47. The summed E-state index contributed by atoms with van der Waals surface area (Å²) in [6.07, 6.45) is 4.25. The number of carbonyl (C=O) groups is 2. The third kappa shape index (κ3) is 5.26. The number of anilines is 2. The molecule has 2 N–H and O–H groups in total. The normalized spacial score (nSPS) is 13.5. The lowest BCUT2D eigenvalue weighted by atomic mass is 10.1. The van der Waals surface area contributed by atoms with Gasteiger partial charge in [-0.05, 0) is 30.5 Å². The van der Waals surface area contributed by atoms with Crippen LogP contribution in [0.5, 0.6) is 0 Å². The van der Waals surface area contributed by atoms with Crippen molar-refractivity contribution in [1.82, 2.24) is 9.97 Å². The summed E-state index contributed by atoms with van der Waals surface area (Å²) in [5, 5.41) is 11.9. The van der Waals surface area contributed by atoms with E-state index in [2.05, 4.69) is 20.2 Å². The first-order valence-electron chi connectivity index (χ1n) is 9.24.